The molecule has 2 aliphatic rings. The first kappa shape index (κ1) is 18.8. The van der Waals surface area contributed by atoms with E-state index in [-0.39, 0.29) is 17.4 Å². The molecule has 1 fully saturated rings. The van der Waals surface area contributed by atoms with E-state index in [1.54, 1.807) is 18.3 Å². The lowest BCUT2D eigenvalue weighted by atomic mass is 9.97. The van der Waals surface area contributed by atoms with Crippen LogP contribution in [0.2, 0.25) is 0 Å². The van der Waals surface area contributed by atoms with Crippen molar-refractivity contribution < 1.29 is 14.3 Å². The summed E-state index contributed by atoms with van der Waals surface area (Å²) in [4.78, 5) is 18.0. The molecule has 0 spiro atoms. The predicted octanol–water partition coefficient (Wildman–Crippen LogP) is 4.72. The zero-order chi connectivity index (χ0) is 20.7. The first-order valence-corrected chi connectivity index (χ1v) is 10.2. The van der Waals surface area contributed by atoms with Crippen LogP contribution in [0.15, 0.2) is 60.9 Å². The number of nitrogens with one attached hydrogen (secondary N) is 1. The number of pyridine rings is 1. The normalized spacial score (nSPS) is 18.2. The molecule has 0 radical (unpaired) electrons. The van der Waals surface area contributed by atoms with E-state index < -0.39 is 5.97 Å². The van der Waals surface area contributed by atoms with Crippen LogP contribution >= 0.6 is 0 Å². The second kappa shape index (κ2) is 7.54. The summed E-state index contributed by atoms with van der Waals surface area (Å²) >= 11 is 0. The third-order valence-corrected chi connectivity index (χ3v) is 5.99. The number of hydrogen-bond acceptors (Lipinski definition) is 4. The van der Waals surface area contributed by atoms with Crippen LogP contribution in [0.25, 0.3) is 11.1 Å². The maximum Gasteiger partial charge on any atom is 0.337 e. The summed E-state index contributed by atoms with van der Waals surface area (Å²) in [6, 6.07) is 15.2. The van der Waals surface area contributed by atoms with Gasteiger partial charge in [-0.2, -0.15) is 0 Å². The highest BCUT2D eigenvalue weighted by Crippen LogP contribution is 2.43. The minimum atomic E-state index is -0.972. The number of aromatic carboxylic acids is 1. The highest BCUT2D eigenvalue weighted by atomic mass is 19.1. The van der Waals surface area contributed by atoms with E-state index in [0.29, 0.717) is 23.8 Å². The van der Waals surface area contributed by atoms with Gasteiger partial charge in [0.25, 0.3) is 0 Å². The van der Waals surface area contributed by atoms with Gasteiger partial charge >= 0.3 is 5.97 Å². The smallest absolute Gasteiger partial charge is 0.337 e. The Kier molecular flexibility index (Phi) is 4.71. The quantitative estimate of drug-likeness (QED) is 0.624. The van der Waals surface area contributed by atoms with Gasteiger partial charge in [-0.15, -0.1) is 0 Å². The molecule has 6 heteroatoms. The van der Waals surface area contributed by atoms with Crippen LogP contribution in [0.5, 0.6) is 0 Å². The number of carboxylic acids is 1. The van der Waals surface area contributed by atoms with Gasteiger partial charge in [0.15, 0.2) is 0 Å². The highest BCUT2D eigenvalue weighted by molar-refractivity contribution is 5.93. The number of hydrogen-bond donors (Lipinski definition) is 2. The van der Waals surface area contributed by atoms with Crippen molar-refractivity contribution in [1.29, 1.82) is 0 Å². The molecule has 3 aromatic rings. The molecule has 1 aromatic heterocycles. The number of carboxylic acid groups (broad SMARTS) is 1. The number of rotatable bonds is 6. The van der Waals surface area contributed by atoms with Crippen molar-refractivity contribution in [3.05, 3.63) is 83.4 Å². The van der Waals surface area contributed by atoms with Crippen molar-refractivity contribution in [3.8, 4) is 11.1 Å². The van der Waals surface area contributed by atoms with Gasteiger partial charge in [-0.3, -0.25) is 9.88 Å². The number of aromatic nitrogens is 1. The summed E-state index contributed by atoms with van der Waals surface area (Å²) in [7, 11) is 0. The van der Waals surface area contributed by atoms with Crippen molar-refractivity contribution in [1.82, 2.24) is 9.88 Å². The maximum absolute atomic E-state index is 14.3. The van der Waals surface area contributed by atoms with Crippen LogP contribution in [0.4, 0.5) is 10.1 Å². The van der Waals surface area contributed by atoms with Gasteiger partial charge in [0, 0.05) is 30.9 Å². The highest BCUT2D eigenvalue weighted by Gasteiger charge is 2.39. The molecule has 152 valence electrons. The first-order valence-electron chi connectivity index (χ1n) is 10.2. The van der Waals surface area contributed by atoms with Gasteiger partial charge in [-0.25, -0.2) is 9.18 Å². The van der Waals surface area contributed by atoms with Crippen LogP contribution in [0.3, 0.4) is 0 Å². The Balaban J connectivity index is 1.43. The molecule has 2 heterocycles. The van der Waals surface area contributed by atoms with Crippen molar-refractivity contribution in [2.45, 2.75) is 31.5 Å². The van der Waals surface area contributed by atoms with E-state index in [1.165, 1.54) is 42.3 Å². The van der Waals surface area contributed by atoms with Gasteiger partial charge in [-0.1, -0.05) is 30.3 Å². The summed E-state index contributed by atoms with van der Waals surface area (Å²) in [6.45, 7) is 1.42. The molecular weight excluding hydrogens is 381 g/mol. The lowest BCUT2D eigenvalue weighted by Gasteiger charge is -2.25. The fourth-order valence-corrected chi connectivity index (χ4v) is 4.36. The average molecular weight is 403 g/mol. The fourth-order valence-electron chi connectivity index (χ4n) is 4.36. The predicted molar refractivity (Wildman–Crippen MR) is 113 cm³/mol. The number of benzene rings is 2. The summed E-state index contributed by atoms with van der Waals surface area (Å²) in [5.74, 6) is -1.19. The molecule has 2 N–H and O–H groups in total. The molecule has 5 nitrogen and oxygen atoms in total. The van der Waals surface area contributed by atoms with E-state index in [1.807, 2.05) is 12.1 Å². The monoisotopic (exact) mass is 403 g/mol. The Hall–Kier alpha value is -3.25. The number of carbonyl (C=O) groups is 1. The molecule has 0 saturated heterocycles. The zero-order valence-electron chi connectivity index (χ0n) is 16.4. The van der Waals surface area contributed by atoms with Gasteiger partial charge in [0.1, 0.15) is 5.82 Å². The van der Waals surface area contributed by atoms with Crippen LogP contribution < -0.4 is 5.32 Å². The third-order valence-electron chi connectivity index (χ3n) is 5.99. The summed E-state index contributed by atoms with van der Waals surface area (Å²) in [5, 5.41) is 12.7. The standard InChI is InChI=1S/C24H22FN3O2/c25-21-4-2-1-3-18(21)15-5-8-19-16(11-15)14-28(17-6-7-17)23(19)13-27-22-12-26-10-9-20(22)24(29)30/h1-5,8-12,17,23,27H,6-7,13-14H2,(H,29,30). The van der Waals surface area contributed by atoms with Crippen LogP contribution in [-0.2, 0) is 6.54 Å². The minimum Gasteiger partial charge on any atom is -0.478 e. The largest absolute Gasteiger partial charge is 0.478 e. The molecule has 1 atom stereocenters. The molecule has 1 aliphatic heterocycles. The Labute approximate surface area is 174 Å². The fraction of sp³-hybridized carbons (Fsp3) is 0.250. The van der Waals surface area contributed by atoms with Crippen molar-refractivity contribution in [3.63, 3.8) is 0 Å². The molecule has 2 aromatic carbocycles. The maximum atomic E-state index is 14.3. The number of fused-ring (bicyclic) bond motifs is 1. The second-order valence-corrected chi connectivity index (χ2v) is 7.92. The van der Waals surface area contributed by atoms with Gasteiger partial charge in [-0.05, 0) is 47.7 Å². The topological polar surface area (TPSA) is 65.5 Å². The summed E-state index contributed by atoms with van der Waals surface area (Å²) < 4.78 is 14.3. The van der Waals surface area contributed by atoms with E-state index in [2.05, 4.69) is 27.3 Å². The van der Waals surface area contributed by atoms with Gasteiger partial charge < -0.3 is 10.4 Å². The molecule has 1 saturated carbocycles. The van der Waals surface area contributed by atoms with Gasteiger partial charge in [0.2, 0.25) is 0 Å². The number of nitrogens with zero attached hydrogens (tertiary/aromatic N) is 2. The van der Waals surface area contributed by atoms with Crippen LogP contribution in [0, 0.1) is 5.82 Å². The Morgan fingerprint density at radius 2 is 2.03 bits per heavy atom. The minimum absolute atomic E-state index is 0.143. The molecule has 0 amide bonds. The van der Waals surface area contributed by atoms with Crippen LogP contribution in [0.1, 0.15) is 40.4 Å². The van der Waals surface area contributed by atoms with E-state index in [4.69, 9.17) is 0 Å². The molecular formula is C24H22FN3O2. The molecule has 30 heavy (non-hydrogen) atoms. The lowest BCUT2D eigenvalue weighted by molar-refractivity contribution is 0.0697. The van der Waals surface area contributed by atoms with Crippen molar-refractivity contribution in [2.75, 3.05) is 11.9 Å². The van der Waals surface area contributed by atoms with Crippen LogP contribution in [-0.4, -0.2) is 33.5 Å². The summed E-state index contributed by atoms with van der Waals surface area (Å²) in [6.07, 6.45) is 5.40. The SMILES string of the molecule is O=C(O)c1ccncc1NCC1c2ccc(-c3ccccc3F)cc2CN1C1CC1. The molecule has 1 unspecified atom stereocenters. The molecule has 5 rings (SSSR count). The first-order chi connectivity index (χ1) is 14.6. The lowest BCUT2D eigenvalue weighted by Crippen LogP contribution is -2.29. The van der Waals surface area contributed by atoms with Crippen molar-refractivity contribution in [2.24, 2.45) is 0 Å². The third kappa shape index (κ3) is 3.44. The Bertz CT molecular complexity index is 1110. The van der Waals surface area contributed by atoms with E-state index in [9.17, 15) is 14.3 Å². The Morgan fingerprint density at radius 1 is 1.20 bits per heavy atom. The molecule has 1 aliphatic carbocycles. The van der Waals surface area contributed by atoms with E-state index >= 15 is 0 Å². The van der Waals surface area contributed by atoms with Gasteiger partial charge in [0.05, 0.1) is 23.5 Å². The Morgan fingerprint density at radius 3 is 2.80 bits per heavy atom. The number of halogens is 1. The van der Waals surface area contributed by atoms with E-state index in [0.717, 1.165) is 12.1 Å². The zero-order valence-corrected chi connectivity index (χ0v) is 16.4. The summed E-state index contributed by atoms with van der Waals surface area (Å²) in [5.41, 5.74) is 4.67. The average Bonchev–Trinajstić information content (AvgIpc) is 3.54. The molecule has 0 bridgehead atoms. The second-order valence-electron chi connectivity index (χ2n) is 7.92. The number of anilines is 1. The van der Waals surface area contributed by atoms with Crippen molar-refractivity contribution >= 4 is 11.7 Å².